The van der Waals surface area contributed by atoms with Crippen molar-refractivity contribution in [3.05, 3.63) is 99.4 Å². The Morgan fingerprint density at radius 2 is 1.45 bits per heavy atom. The van der Waals surface area contributed by atoms with E-state index in [1.54, 1.807) is 59.4 Å². The van der Waals surface area contributed by atoms with Crippen LogP contribution in [0.2, 0.25) is 10.0 Å². The quantitative estimate of drug-likeness (QED) is 0.411. The molecule has 3 aromatic rings. The van der Waals surface area contributed by atoms with E-state index in [1.807, 2.05) is 19.1 Å². The predicted octanol–water partition coefficient (Wildman–Crippen LogP) is 1.95. The maximum Gasteiger partial charge on any atom is 0.286 e. The van der Waals surface area contributed by atoms with Crippen LogP contribution < -0.4 is 33.9 Å². The first-order valence-corrected chi connectivity index (χ1v) is 9.34. The van der Waals surface area contributed by atoms with Crippen molar-refractivity contribution in [1.29, 1.82) is 0 Å². The molecular formula is C22H15Cl2IN2O2. The summed E-state index contributed by atoms with van der Waals surface area (Å²) in [5.74, 6) is -0.490. The average molecular weight is 537 g/mol. The van der Waals surface area contributed by atoms with E-state index in [1.165, 1.54) is 0 Å². The van der Waals surface area contributed by atoms with Gasteiger partial charge in [-0.15, -0.1) is 0 Å². The summed E-state index contributed by atoms with van der Waals surface area (Å²) >= 11 is 12.1. The van der Waals surface area contributed by atoms with E-state index >= 15 is 0 Å². The van der Waals surface area contributed by atoms with Crippen LogP contribution in [-0.4, -0.2) is 11.6 Å². The highest BCUT2D eigenvalue weighted by atomic mass is 127. The van der Waals surface area contributed by atoms with E-state index in [4.69, 9.17) is 23.2 Å². The number of hydrogen-bond donors (Lipinski definition) is 1. The minimum Gasteiger partial charge on any atom is -1.00 e. The van der Waals surface area contributed by atoms with Gasteiger partial charge in [0, 0.05) is 28.9 Å². The molecule has 1 aliphatic rings. The minimum absolute atomic E-state index is 0. The van der Waals surface area contributed by atoms with Gasteiger partial charge in [0.25, 0.3) is 11.5 Å². The predicted molar refractivity (Wildman–Crippen MR) is 110 cm³/mol. The fourth-order valence-electron chi connectivity index (χ4n) is 3.09. The number of benzene rings is 2. The number of nitrogens with zero attached hydrogens (tertiary/aromatic N) is 1. The summed E-state index contributed by atoms with van der Waals surface area (Å²) in [6.07, 6.45) is 3.53. The maximum absolute atomic E-state index is 13.3. The van der Waals surface area contributed by atoms with Gasteiger partial charge in [-0.3, -0.25) is 9.59 Å². The van der Waals surface area contributed by atoms with Crippen molar-refractivity contribution in [2.24, 2.45) is 0 Å². The zero-order chi connectivity index (χ0) is 19.8. The zero-order valence-electron chi connectivity index (χ0n) is 15.2. The summed E-state index contributed by atoms with van der Waals surface area (Å²) in [5.41, 5.74) is 2.81. The number of aromatic nitrogens is 1. The summed E-state index contributed by atoms with van der Waals surface area (Å²) in [5, 5.41) is 3.84. The Morgan fingerprint density at radius 3 is 2.07 bits per heavy atom. The van der Waals surface area contributed by atoms with Crippen LogP contribution in [-0.2, 0) is 0 Å². The van der Waals surface area contributed by atoms with E-state index in [0.717, 1.165) is 5.56 Å². The molecule has 0 atom stereocenters. The van der Waals surface area contributed by atoms with Gasteiger partial charge < -0.3 is 29.3 Å². The topological polar surface area (TPSA) is 50.1 Å². The number of anilines is 1. The van der Waals surface area contributed by atoms with Crippen molar-refractivity contribution in [3.8, 4) is 0 Å². The largest absolute Gasteiger partial charge is 1.00 e. The van der Waals surface area contributed by atoms with E-state index in [0.29, 0.717) is 26.9 Å². The van der Waals surface area contributed by atoms with Crippen molar-refractivity contribution in [3.63, 3.8) is 0 Å². The fraction of sp³-hybridized carbons (Fsp3) is 0.0455. The molecule has 4 nitrogen and oxygen atoms in total. The Kier molecular flexibility index (Phi) is 6.41. The summed E-state index contributed by atoms with van der Waals surface area (Å²) in [4.78, 5) is 26.5. The molecule has 0 spiro atoms. The average Bonchev–Trinajstić information content (AvgIpc) is 2.70. The molecule has 146 valence electrons. The van der Waals surface area contributed by atoms with E-state index in [2.05, 4.69) is 5.32 Å². The lowest BCUT2D eigenvalue weighted by molar-refractivity contribution is -0.577. The Hall–Kier alpha value is -2.22. The Bertz CT molecular complexity index is 1160. The standard InChI is InChI=1S/C22H14Cl2N2O2.HI/c1-13-8-10-26(11-9-13)20-19(25-14-6-7-17(23)18(24)12-14)21(27)15-4-2-3-5-16(15)22(20)28;/h2-12H,1H3;1H. The van der Waals surface area contributed by atoms with Gasteiger partial charge in [-0.2, -0.15) is 4.57 Å². The van der Waals surface area contributed by atoms with Gasteiger partial charge >= 0.3 is 0 Å². The van der Waals surface area contributed by atoms with E-state index in [-0.39, 0.29) is 46.9 Å². The van der Waals surface area contributed by atoms with Gasteiger partial charge in [0.15, 0.2) is 18.1 Å². The van der Waals surface area contributed by atoms with Crippen molar-refractivity contribution in [2.75, 3.05) is 5.32 Å². The molecule has 0 fully saturated rings. The van der Waals surface area contributed by atoms with Gasteiger partial charge in [0.05, 0.1) is 10.0 Å². The Balaban J connectivity index is 0.00000240. The van der Waals surface area contributed by atoms with Gasteiger partial charge in [-0.05, 0) is 30.7 Å². The summed E-state index contributed by atoms with van der Waals surface area (Å²) < 4.78 is 1.66. The molecule has 0 amide bonds. The molecule has 0 bridgehead atoms. The molecule has 0 saturated heterocycles. The second kappa shape index (κ2) is 8.65. The number of fused-ring (bicyclic) bond motifs is 1. The third-order valence-corrected chi connectivity index (χ3v) is 5.28. The molecular weight excluding hydrogens is 522 g/mol. The summed E-state index contributed by atoms with van der Waals surface area (Å²) in [6.45, 7) is 1.96. The van der Waals surface area contributed by atoms with Crippen LogP contribution in [0.15, 0.2) is 72.7 Å². The highest BCUT2D eigenvalue weighted by Gasteiger charge is 2.38. The summed E-state index contributed by atoms with van der Waals surface area (Å²) in [7, 11) is 0. The number of Topliss-reactive ketones (excluding diaryl/α,β-unsaturated/α-hetero) is 2. The first kappa shape index (κ1) is 21.5. The van der Waals surface area contributed by atoms with Crippen LogP contribution in [0.1, 0.15) is 26.3 Å². The lowest BCUT2D eigenvalue weighted by Gasteiger charge is -2.18. The molecule has 4 rings (SSSR count). The van der Waals surface area contributed by atoms with Crippen molar-refractivity contribution < 1.29 is 38.1 Å². The second-order valence-corrected chi connectivity index (χ2v) is 7.28. The molecule has 1 heterocycles. The molecule has 0 unspecified atom stereocenters. The third-order valence-electron chi connectivity index (χ3n) is 4.54. The number of hydrogen-bond acceptors (Lipinski definition) is 3. The van der Waals surface area contributed by atoms with Gasteiger partial charge in [-0.1, -0.05) is 47.5 Å². The number of pyridine rings is 1. The van der Waals surface area contributed by atoms with Gasteiger partial charge in [0.1, 0.15) is 0 Å². The number of ketones is 2. The zero-order valence-corrected chi connectivity index (χ0v) is 18.9. The number of nitrogens with one attached hydrogen (secondary N) is 1. The van der Waals surface area contributed by atoms with Crippen LogP contribution in [0, 0.1) is 6.92 Å². The number of halogens is 3. The van der Waals surface area contributed by atoms with Crippen LogP contribution in [0.25, 0.3) is 5.70 Å². The van der Waals surface area contributed by atoms with Crippen molar-refractivity contribution in [2.45, 2.75) is 6.92 Å². The van der Waals surface area contributed by atoms with Crippen molar-refractivity contribution in [1.82, 2.24) is 0 Å². The van der Waals surface area contributed by atoms with Crippen LogP contribution in [0.3, 0.4) is 0 Å². The lowest BCUT2D eigenvalue weighted by Crippen LogP contribution is -3.00. The lowest BCUT2D eigenvalue weighted by atomic mass is 9.90. The highest BCUT2D eigenvalue weighted by Crippen LogP contribution is 2.30. The first-order valence-electron chi connectivity index (χ1n) is 8.59. The summed E-state index contributed by atoms with van der Waals surface area (Å²) in [6, 6.07) is 15.5. The number of carbonyl (C=O) groups is 2. The molecule has 1 N–H and O–H groups in total. The van der Waals surface area contributed by atoms with Crippen LogP contribution in [0.4, 0.5) is 5.69 Å². The normalized spacial score (nSPS) is 13.1. The molecule has 1 aromatic heterocycles. The fourth-order valence-corrected chi connectivity index (χ4v) is 3.39. The molecule has 1 aliphatic carbocycles. The van der Waals surface area contributed by atoms with Gasteiger partial charge in [-0.25, -0.2) is 0 Å². The van der Waals surface area contributed by atoms with E-state index in [9.17, 15) is 9.59 Å². The molecule has 0 saturated carbocycles. The van der Waals surface area contributed by atoms with E-state index < -0.39 is 0 Å². The minimum atomic E-state index is -0.260. The monoisotopic (exact) mass is 536 g/mol. The Labute approximate surface area is 195 Å². The molecule has 0 aliphatic heterocycles. The molecule has 0 radical (unpaired) electrons. The number of aryl methyl sites for hydroxylation is 1. The second-order valence-electron chi connectivity index (χ2n) is 6.46. The molecule has 2 aromatic carbocycles. The number of carbonyl (C=O) groups excluding carboxylic acids is 2. The molecule has 7 heteroatoms. The number of allylic oxidation sites excluding steroid dienone is 2. The van der Waals surface area contributed by atoms with Crippen LogP contribution in [0.5, 0.6) is 0 Å². The third kappa shape index (κ3) is 4.08. The first-order chi connectivity index (χ1) is 13.5. The Morgan fingerprint density at radius 1 is 0.828 bits per heavy atom. The molecule has 29 heavy (non-hydrogen) atoms. The number of rotatable bonds is 3. The smallest absolute Gasteiger partial charge is 0.286 e. The van der Waals surface area contributed by atoms with Gasteiger partial charge in [0.2, 0.25) is 5.78 Å². The highest BCUT2D eigenvalue weighted by molar-refractivity contribution is 6.42. The van der Waals surface area contributed by atoms with Crippen molar-refractivity contribution >= 4 is 46.2 Å². The SMILES string of the molecule is Cc1cc[n+](C2=C(Nc3ccc(Cl)c(Cl)c3)C(=O)c3ccccc3C2=O)cc1.[I-]. The maximum atomic E-state index is 13.3. The van der Waals surface area contributed by atoms with Crippen LogP contribution >= 0.6 is 23.2 Å².